The lowest BCUT2D eigenvalue weighted by Gasteiger charge is -2.20. The van der Waals surface area contributed by atoms with Crippen LogP contribution in [-0.2, 0) is 0 Å². The Morgan fingerprint density at radius 3 is 1.00 bits per heavy atom. The average molecular weight is 308 g/mol. The summed E-state index contributed by atoms with van der Waals surface area (Å²) in [5.74, 6) is 2.82. The summed E-state index contributed by atoms with van der Waals surface area (Å²) in [6, 6.07) is 0. The minimum absolute atomic E-state index is 0.939. The molecule has 0 spiro atoms. The molecule has 0 aliphatic rings. The third kappa shape index (κ3) is 12.6. The lowest BCUT2D eigenvalue weighted by Crippen LogP contribution is -2.16. The van der Waals surface area contributed by atoms with E-state index in [0.29, 0.717) is 0 Å². The predicted octanol–water partition coefficient (Wildman–Crippen LogP) is 7.96. The van der Waals surface area contributed by atoms with Crippen LogP contribution in [0.25, 0.3) is 0 Å². The first-order valence-electron chi connectivity index (χ1n) is 10.5. The minimum atomic E-state index is 0.939. The van der Waals surface area contributed by atoms with Crippen molar-refractivity contribution in [2.24, 2.45) is 17.8 Å². The van der Waals surface area contributed by atoms with Crippen molar-refractivity contribution in [1.82, 2.24) is 0 Å². The second kappa shape index (κ2) is 14.6. The van der Waals surface area contributed by atoms with Gasteiger partial charge in [0.25, 0.3) is 0 Å². The molecule has 0 aromatic heterocycles. The second-order valence-electron chi connectivity index (χ2n) is 8.28. The van der Waals surface area contributed by atoms with Crippen molar-refractivity contribution in [2.75, 3.05) is 0 Å². The topological polar surface area (TPSA) is 0 Å². The highest BCUT2D eigenvalue weighted by Crippen LogP contribution is 2.25. The van der Waals surface area contributed by atoms with Crippen molar-refractivity contribution < 1.29 is 0 Å². The van der Waals surface area contributed by atoms with E-state index in [1.165, 1.54) is 76.7 Å². The quantitative estimate of drug-likeness (QED) is 0.269. The maximum Gasteiger partial charge on any atom is 0.139 e. The van der Waals surface area contributed by atoms with Crippen molar-refractivity contribution >= 4 is 6.71 Å². The molecule has 0 radical (unpaired) electrons. The van der Waals surface area contributed by atoms with E-state index < -0.39 is 0 Å². The smallest absolute Gasteiger partial charge is 0.0739 e. The summed E-state index contributed by atoms with van der Waals surface area (Å²) < 4.78 is 0. The van der Waals surface area contributed by atoms with Gasteiger partial charge in [-0.15, -0.1) is 0 Å². The fourth-order valence-electron chi connectivity index (χ4n) is 3.91. The molecule has 0 N–H and O–H groups in total. The van der Waals surface area contributed by atoms with Crippen LogP contribution in [0.15, 0.2) is 0 Å². The molecule has 0 saturated heterocycles. The third-order valence-electron chi connectivity index (χ3n) is 5.55. The van der Waals surface area contributed by atoms with Gasteiger partial charge in [-0.25, -0.2) is 0 Å². The van der Waals surface area contributed by atoms with Crippen LogP contribution in [0, 0.1) is 17.8 Å². The molecule has 0 amide bonds. The molecule has 0 aromatic carbocycles. The summed E-state index contributed by atoms with van der Waals surface area (Å²) in [6.45, 7) is 15.4. The predicted molar refractivity (Wildman–Crippen MR) is 106 cm³/mol. The Kier molecular flexibility index (Phi) is 14.7. The molecule has 3 atom stereocenters. The summed E-state index contributed by atoms with van der Waals surface area (Å²) in [4.78, 5) is 0. The molecular formula is C21H45B. The van der Waals surface area contributed by atoms with Crippen molar-refractivity contribution in [1.29, 1.82) is 0 Å². The summed E-state index contributed by atoms with van der Waals surface area (Å²) >= 11 is 0. The Labute approximate surface area is 143 Å². The number of hydrogen-bond acceptors (Lipinski definition) is 0. The highest BCUT2D eigenvalue weighted by Gasteiger charge is 2.17. The SMILES string of the molecule is CCCC(C)CCB(CCC(C)CCC)CCC(C)CCC. The number of hydrogen-bond donors (Lipinski definition) is 0. The largest absolute Gasteiger partial charge is 0.139 e. The highest BCUT2D eigenvalue weighted by atomic mass is 14.1. The van der Waals surface area contributed by atoms with E-state index in [4.69, 9.17) is 0 Å². The van der Waals surface area contributed by atoms with Gasteiger partial charge in [0, 0.05) is 0 Å². The Morgan fingerprint density at radius 2 is 0.773 bits per heavy atom. The summed E-state index contributed by atoms with van der Waals surface area (Å²) in [5.41, 5.74) is 0. The first kappa shape index (κ1) is 22.1. The molecule has 0 aliphatic carbocycles. The molecule has 0 heterocycles. The maximum atomic E-state index is 2.46. The van der Waals surface area contributed by atoms with Crippen molar-refractivity contribution in [3.63, 3.8) is 0 Å². The molecular weight excluding hydrogens is 263 g/mol. The summed E-state index contributed by atoms with van der Waals surface area (Å²) in [6.07, 6.45) is 17.2. The molecule has 0 fully saturated rings. The van der Waals surface area contributed by atoms with Crippen LogP contribution in [0.1, 0.15) is 99.3 Å². The number of rotatable bonds is 15. The van der Waals surface area contributed by atoms with E-state index in [1.807, 2.05) is 0 Å². The Balaban J connectivity index is 4.17. The van der Waals surface area contributed by atoms with Gasteiger partial charge >= 0.3 is 0 Å². The van der Waals surface area contributed by atoms with Gasteiger partial charge in [0.15, 0.2) is 0 Å². The molecule has 0 saturated carbocycles. The fraction of sp³-hybridized carbons (Fsp3) is 1.00. The molecule has 1 heteroatoms. The van der Waals surface area contributed by atoms with Crippen LogP contribution in [0.3, 0.4) is 0 Å². The lowest BCUT2D eigenvalue weighted by molar-refractivity contribution is 0.489. The van der Waals surface area contributed by atoms with E-state index in [9.17, 15) is 0 Å². The van der Waals surface area contributed by atoms with Crippen molar-refractivity contribution in [3.8, 4) is 0 Å². The molecule has 0 aliphatic heterocycles. The van der Waals surface area contributed by atoms with Crippen LogP contribution >= 0.6 is 0 Å². The zero-order valence-corrected chi connectivity index (χ0v) is 16.8. The van der Waals surface area contributed by atoms with Gasteiger partial charge in [0.1, 0.15) is 6.71 Å². The van der Waals surface area contributed by atoms with Crippen LogP contribution < -0.4 is 0 Å². The van der Waals surface area contributed by atoms with Crippen LogP contribution in [-0.4, -0.2) is 6.71 Å². The minimum Gasteiger partial charge on any atom is -0.0739 e. The first-order chi connectivity index (χ1) is 10.5. The maximum absolute atomic E-state index is 2.46. The second-order valence-corrected chi connectivity index (χ2v) is 8.28. The van der Waals surface area contributed by atoms with Gasteiger partial charge in [0.2, 0.25) is 0 Å². The van der Waals surface area contributed by atoms with Crippen LogP contribution in [0.2, 0.25) is 19.0 Å². The molecule has 22 heavy (non-hydrogen) atoms. The molecule has 0 nitrogen and oxygen atoms in total. The molecule has 0 rings (SSSR count). The monoisotopic (exact) mass is 308 g/mol. The van der Waals surface area contributed by atoms with Gasteiger partial charge < -0.3 is 0 Å². The molecule has 0 bridgehead atoms. The standard InChI is InChI=1S/C21H45B/c1-7-10-19(4)13-16-22(17-14-20(5)11-8-2)18-15-21(6)12-9-3/h19-21H,7-18H2,1-6H3. The van der Waals surface area contributed by atoms with Crippen molar-refractivity contribution in [2.45, 2.75) is 118 Å². The molecule has 132 valence electrons. The normalized spacial score (nSPS) is 15.5. The third-order valence-corrected chi connectivity index (χ3v) is 5.55. The van der Waals surface area contributed by atoms with Gasteiger partial charge in [-0.05, 0) is 17.8 Å². The van der Waals surface area contributed by atoms with E-state index >= 15 is 0 Å². The van der Waals surface area contributed by atoms with Gasteiger partial charge in [-0.1, -0.05) is 118 Å². The molecule has 3 unspecified atom stereocenters. The molecule has 0 aromatic rings. The van der Waals surface area contributed by atoms with E-state index in [-0.39, 0.29) is 0 Å². The van der Waals surface area contributed by atoms with Gasteiger partial charge in [-0.3, -0.25) is 0 Å². The highest BCUT2D eigenvalue weighted by molar-refractivity contribution is 6.58. The van der Waals surface area contributed by atoms with E-state index in [2.05, 4.69) is 41.5 Å². The van der Waals surface area contributed by atoms with Gasteiger partial charge in [-0.2, -0.15) is 0 Å². The first-order valence-corrected chi connectivity index (χ1v) is 10.5. The fourth-order valence-corrected chi connectivity index (χ4v) is 3.91. The Morgan fingerprint density at radius 1 is 0.500 bits per heavy atom. The summed E-state index contributed by atoms with van der Waals surface area (Å²) in [7, 11) is 0. The van der Waals surface area contributed by atoms with E-state index in [0.717, 1.165) is 24.5 Å². The van der Waals surface area contributed by atoms with E-state index in [1.54, 1.807) is 0 Å². The zero-order chi connectivity index (χ0) is 16.8. The van der Waals surface area contributed by atoms with Gasteiger partial charge in [0.05, 0.1) is 0 Å². The Bertz CT molecular complexity index is 188. The van der Waals surface area contributed by atoms with Crippen molar-refractivity contribution in [3.05, 3.63) is 0 Å². The zero-order valence-electron chi connectivity index (χ0n) is 16.8. The lowest BCUT2D eigenvalue weighted by atomic mass is 9.40. The Hall–Kier alpha value is 0.0649. The van der Waals surface area contributed by atoms with Crippen LogP contribution in [0.5, 0.6) is 0 Å². The van der Waals surface area contributed by atoms with Crippen LogP contribution in [0.4, 0.5) is 0 Å². The summed E-state index contributed by atoms with van der Waals surface area (Å²) in [5, 5.41) is 0. The average Bonchev–Trinajstić information content (AvgIpc) is 2.47.